The molecule has 1 saturated heterocycles. The Balaban J connectivity index is 1.79. The number of hydrogen-bond donors (Lipinski definition) is 1. The number of carbonyl (C=O) groups is 1. The Hall–Kier alpha value is -2.78. The fraction of sp³-hybridized carbons (Fsp3) is 0.429. The number of aromatic nitrogens is 1. The van der Waals surface area contributed by atoms with Crippen LogP contribution in [-0.4, -0.2) is 36.8 Å². The van der Waals surface area contributed by atoms with Crippen LogP contribution in [0.4, 0.5) is 11.5 Å². The molecule has 3 rings (SSSR count). The summed E-state index contributed by atoms with van der Waals surface area (Å²) >= 11 is 0. The molecule has 0 saturated carbocycles. The first kappa shape index (κ1) is 19.0. The summed E-state index contributed by atoms with van der Waals surface area (Å²) in [7, 11) is 1.88. The number of para-hydroxylation sites is 1. The largest absolute Gasteiger partial charge is 0.376 e. The topological polar surface area (TPSA) is 70.3 Å². The van der Waals surface area contributed by atoms with Gasteiger partial charge in [-0.2, -0.15) is 5.26 Å². The molecular formula is C21H26N4O2. The zero-order valence-corrected chi connectivity index (χ0v) is 16.2. The van der Waals surface area contributed by atoms with Crippen LogP contribution in [0.25, 0.3) is 0 Å². The first-order valence-corrected chi connectivity index (χ1v) is 9.28. The first-order valence-electron chi connectivity index (χ1n) is 9.28. The minimum absolute atomic E-state index is 0.129. The van der Waals surface area contributed by atoms with E-state index in [4.69, 9.17) is 4.74 Å². The van der Waals surface area contributed by atoms with Gasteiger partial charge in [-0.3, -0.25) is 4.79 Å². The summed E-state index contributed by atoms with van der Waals surface area (Å²) in [5, 5.41) is 12.6. The Morgan fingerprint density at radius 2 is 2.11 bits per heavy atom. The van der Waals surface area contributed by atoms with Crippen LogP contribution in [0.2, 0.25) is 0 Å². The van der Waals surface area contributed by atoms with Gasteiger partial charge in [0.25, 0.3) is 0 Å². The Morgan fingerprint density at radius 1 is 1.37 bits per heavy atom. The molecule has 0 bridgehead atoms. The lowest BCUT2D eigenvalue weighted by atomic mass is 10.2. The van der Waals surface area contributed by atoms with Gasteiger partial charge in [0, 0.05) is 25.0 Å². The minimum atomic E-state index is -0.149. The number of amides is 1. The van der Waals surface area contributed by atoms with Gasteiger partial charge in [0.1, 0.15) is 11.9 Å². The number of nitrogens with zero attached hydrogens (tertiary/aromatic N) is 3. The van der Waals surface area contributed by atoms with Crippen LogP contribution in [0.5, 0.6) is 0 Å². The van der Waals surface area contributed by atoms with Gasteiger partial charge in [0.2, 0.25) is 5.91 Å². The summed E-state index contributed by atoms with van der Waals surface area (Å²) in [6.07, 6.45) is 2.19. The normalized spacial score (nSPS) is 16.1. The second-order valence-corrected chi connectivity index (χ2v) is 7.03. The van der Waals surface area contributed by atoms with Crippen LogP contribution in [0.1, 0.15) is 29.7 Å². The van der Waals surface area contributed by atoms with Crippen LogP contribution >= 0.6 is 0 Å². The van der Waals surface area contributed by atoms with Gasteiger partial charge in [-0.15, -0.1) is 0 Å². The maximum absolute atomic E-state index is 12.7. The zero-order valence-electron chi connectivity index (χ0n) is 16.2. The van der Waals surface area contributed by atoms with E-state index >= 15 is 0 Å². The number of ether oxygens (including phenoxy) is 1. The van der Waals surface area contributed by atoms with E-state index in [0.29, 0.717) is 17.9 Å². The van der Waals surface area contributed by atoms with Gasteiger partial charge in [0.05, 0.1) is 24.8 Å². The first-order chi connectivity index (χ1) is 13.0. The summed E-state index contributed by atoms with van der Waals surface area (Å²) in [5.74, 6) is 0.429. The molecule has 6 nitrogen and oxygen atoms in total. The molecule has 0 spiro atoms. The Labute approximate surface area is 160 Å². The molecule has 1 atom stereocenters. The van der Waals surface area contributed by atoms with Crippen molar-refractivity contribution in [2.45, 2.75) is 39.3 Å². The number of rotatable bonds is 6. The minimum Gasteiger partial charge on any atom is -0.376 e. The molecule has 1 amide bonds. The van der Waals surface area contributed by atoms with Crippen molar-refractivity contribution < 1.29 is 9.53 Å². The van der Waals surface area contributed by atoms with Gasteiger partial charge in [0.15, 0.2) is 0 Å². The lowest BCUT2D eigenvalue weighted by Crippen LogP contribution is -2.31. The molecule has 6 heteroatoms. The highest BCUT2D eigenvalue weighted by molar-refractivity contribution is 5.95. The molecule has 1 aromatic heterocycles. The molecule has 1 aliphatic rings. The van der Waals surface area contributed by atoms with E-state index in [2.05, 4.69) is 11.4 Å². The second-order valence-electron chi connectivity index (χ2n) is 7.03. The van der Waals surface area contributed by atoms with Crippen molar-refractivity contribution >= 4 is 17.4 Å². The Bertz CT molecular complexity index is 845. The van der Waals surface area contributed by atoms with Crippen molar-refractivity contribution in [2.24, 2.45) is 0 Å². The summed E-state index contributed by atoms with van der Waals surface area (Å²) in [6.45, 7) is 5.54. The standard InChI is InChI=1S/C21H26N4O2/c1-15-16(2)25(13-18-10-7-11-27-18)21(19(15)12-22)23-20(26)14-24(3)17-8-5-4-6-9-17/h4-6,8-9,18H,7,10-11,13-14H2,1-3H3,(H,23,26)/t18-/m1/s1. The average Bonchev–Trinajstić information content (AvgIpc) is 3.25. The van der Waals surface area contributed by atoms with Crippen molar-refractivity contribution in [3.63, 3.8) is 0 Å². The van der Waals surface area contributed by atoms with Crippen molar-refractivity contribution in [1.82, 2.24) is 4.57 Å². The maximum Gasteiger partial charge on any atom is 0.245 e. The molecular weight excluding hydrogens is 340 g/mol. The Morgan fingerprint density at radius 3 is 2.74 bits per heavy atom. The van der Waals surface area contributed by atoms with Crippen LogP contribution in [0.3, 0.4) is 0 Å². The molecule has 0 unspecified atom stereocenters. The smallest absolute Gasteiger partial charge is 0.245 e. The van der Waals surface area contributed by atoms with E-state index in [-0.39, 0.29) is 18.6 Å². The fourth-order valence-electron chi connectivity index (χ4n) is 3.51. The molecule has 1 aliphatic heterocycles. The van der Waals surface area contributed by atoms with Gasteiger partial charge >= 0.3 is 0 Å². The number of nitrogens with one attached hydrogen (secondary N) is 1. The average molecular weight is 366 g/mol. The lowest BCUT2D eigenvalue weighted by Gasteiger charge is -2.20. The van der Waals surface area contributed by atoms with Gasteiger partial charge < -0.3 is 19.5 Å². The van der Waals surface area contributed by atoms with Gasteiger partial charge in [-0.25, -0.2) is 0 Å². The molecule has 0 radical (unpaired) electrons. The number of benzene rings is 1. The summed E-state index contributed by atoms with van der Waals surface area (Å²) in [6, 6.07) is 12.0. The monoisotopic (exact) mass is 366 g/mol. The number of nitriles is 1. The van der Waals surface area contributed by atoms with E-state index in [9.17, 15) is 10.1 Å². The number of hydrogen-bond acceptors (Lipinski definition) is 4. The number of carbonyl (C=O) groups excluding carboxylic acids is 1. The SMILES string of the molecule is Cc1c(C#N)c(NC(=O)CN(C)c2ccccc2)n(C[C@H]2CCCO2)c1C. The Kier molecular flexibility index (Phi) is 5.82. The van der Waals surface area contributed by atoms with Crippen molar-refractivity contribution in [1.29, 1.82) is 5.26 Å². The molecule has 2 heterocycles. The van der Waals surface area contributed by atoms with Gasteiger partial charge in [-0.1, -0.05) is 18.2 Å². The third-order valence-electron chi connectivity index (χ3n) is 5.19. The molecule has 142 valence electrons. The molecule has 0 aliphatic carbocycles. The molecule has 1 aromatic carbocycles. The van der Waals surface area contributed by atoms with Crippen molar-refractivity contribution in [3.8, 4) is 6.07 Å². The van der Waals surface area contributed by atoms with Crippen LogP contribution in [-0.2, 0) is 16.1 Å². The summed E-state index contributed by atoms with van der Waals surface area (Å²) < 4.78 is 7.77. The van der Waals surface area contributed by atoms with Crippen LogP contribution in [0.15, 0.2) is 30.3 Å². The van der Waals surface area contributed by atoms with E-state index in [1.807, 2.05) is 60.7 Å². The van der Waals surface area contributed by atoms with E-state index in [1.165, 1.54) is 0 Å². The predicted molar refractivity (Wildman–Crippen MR) is 106 cm³/mol. The molecule has 2 aromatic rings. The molecule has 27 heavy (non-hydrogen) atoms. The second kappa shape index (κ2) is 8.28. The molecule has 1 N–H and O–H groups in total. The summed E-state index contributed by atoms with van der Waals surface area (Å²) in [4.78, 5) is 14.6. The summed E-state index contributed by atoms with van der Waals surface area (Å²) in [5.41, 5.74) is 3.40. The van der Waals surface area contributed by atoms with Crippen molar-refractivity contribution in [3.05, 3.63) is 47.2 Å². The van der Waals surface area contributed by atoms with E-state index < -0.39 is 0 Å². The lowest BCUT2D eigenvalue weighted by molar-refractivity contribution is -0.115. The van der Waals surface area contributed by atoms with Crippen LogP contribution < -0.4 is 10.2 Å². The zero-order chi connectivity index (χ0) is 19.4. The van der Waals surface area contributed by atoms with Gasteiger partial charge in [-0.05, 0) is 44.4 Å². The highest BCUT2D eigenvalue weighted by Crippen LogP contribution is 2.28. The highest BCUT2D eigenvalue weighted by atomic mass is 16.5. The van der Waals surface area contributed by atoms with Crippen LogP contribution in [0, 0.1) is 25.2 Å². The fourth-order valence-corrected chi connectivity index (χ4v) is 3.51. The third-order valence-corrected chi connectivity index (χ3v) is 5.19. The van der Waals surface area contributed by atoms with Crippen molar-refractivity contribution in [2.75, 3.05) is 30.4 Å². The quantitative estimate of drug-likeness (QED) is 0.852. The van der Waals surface area contributed by atoms with E-state index in [0.717, 1.165) is 36.4 Å². The number of anilines is 2. The van der Waals surface area contributed by atoms with E-state index in [1.54, 1.807) is 0 Å². The predicted octanol–water partition coefficient (Wildman–Crippen LogP) is 3.23. The number of likely N-dealkylation sites (N-methyl/N-ethyl adjacent to an activating group) is 1. The maximum atomic E-state index is 12.7. The third kappa shape index (κ3) is 4.15. The highest BCUT2D eigenvalue weighted by Gasteiger charge is 2.24. The molecule has 1 fully saturated rings.